The number of carbonyl (C=O) groups excluding carboxylic acids is 1. The molecule has 1 amide bonds. The molecule has 0 saturated carbocycles. The number of hydrogen-bond acceptors (Lipinski definition) is 7. The first-order chi connectivity index (χ1) is 13.3. The number of anilines is 1. The summed E-state index contributed by atoms with van der Waals surface area (Å²) in [5.74, 6) is 0.403. The Morgan fingerprint density at radius 3 is 2.61 bits per heavy atom. The zero-order valence-electron chi connectivity index (χ0n) is 15.5. The molecule has 0 aromatic carbocycles. The second-order valence-electron chi connectivity index (χ2n) is 6.52. The molecule has 11 heteroatoms. The number of pyridine rings is 1. The molecular formula is C17H21ClN6O3S. The lowest BCUT2D eigenvalue weighted by molar-refractivity contribution is -0.125. The number of amides is 1. The number of halogens is 1. The molecule has 0 unspecified atom stereocenters. The average molecular weight is 425 g/mol. The molecule has 0 atom stereocenters. The van der Waals surface area contributed by atoms with E-state index in [-0.39, 0.29) is 29.8 Å². The normalized spacial score (nSPS) is 16.0. The van der Waals surface area contributed by atoms with Gasteiger partial charge in [0.25, 0.3) is 0 Å². The van der Waals surface area contributed by atoms with Gasteiger partial charge in [0.1, 0.15) is 15.9 Å². The summed E-state index contributed by atoms with van der Waals surface area (Å²) >= 11 is 6.02. The maximum absolute atomic E-state index is 12.6. The zero-order chi connectivity index (χ0) is 20.3. The van der Waals surface area contributed by atoms with Gasteiger partial charge in [-0.25, -0.2) is 18.4 Å². The lowest BCUT2D eigenvalue weighted by Crippen LogP contribution is -2.44. The van der Waals surface area contributed by atoms with E-state index >= 15 is 0 Å². The monoisotopic (exact) mass is 424 g/mol. The Kier molecular flexibility index (Phi) is 6.11. The van der Waals surface area contributed by atoms with Crippen LogP contribution >= 0.6 is 11.6 Å². The fourth-order valence-corrected chi connectivity index (χ4v) is 4.59. The molecule has 2 aromatic rings. The lowest BCUT2D eigenvalue weighted by atomic mass is 9.98. The number of hydrazine groups is 1. The van der Waals surface area contributed by atoms with Gasteiger partial charge < -0.3 is 0 Å². The van der Waals surface area contributed by atoms with E-state index in [9.17, 15) is 13.2 Å². The van der Waals surface area contributed by atoms with Crippen molar-refractivity contribution in [2.24, 2.45) is 5.92 Å². The third-order valence-corrected chi connectivity index (χ3v) is 6.85. The molecule has 0 bridgehead atoms. The van der Waals surface area contributed by atoms with Crippen LogP contribution in [-0.2, 0) is 14.8 Å². The van der Waals surface area contributed by atoms with Gasteiger partial charge >= 0.3 is 0 Å². The first-order valence-corrected chi connectivity index (χ1v) is 10.6. The van der Waals surface area contributed by atoms with E-state index in [1.807, 2.05) is 0 Å². The number of piperidine rings is 1. The third-order valence-electron chi connectivity index (χ3n) is 4.60. The standard InChI is InChI=1S/C17H21ClN6O3S/c1-11-15(18)20-12(2)21-16(11)22-23-17(25)13-5-8-24(9-6-13)28(26,27)14-4-3-7-19-10-14/h3-4,7,10,13H,5-6,8-9H2,1-2H3,(H,23,25)(H,20,21,22). The molecular weight excluding hydrogens is 404 g/mol. The summed E-state index contributed by atoms with van der Waals surface area (Å²) < 4.78 is 26.6. The number of aromatic nitrogens is 3. The minimum absolute atomic E-state index is 0.158. The van der Waals surface area contributed by atoms with Gasteiger partial charge in [-0.2, -0.15) is 4.31 Å². The van der Waals surface area contributed by atoms with Crippen molar-refractivity contribution in [3.63, 3.8) is 0 Å². The van der Waals surface area contributed by atoms with Gasteiger partial charge in [0.2, 0.25) is 15.9 Å². The number of aryl methyl sites for hydroxylation is 1. The SMILES string of the molecule is Cc1nc(Cl)c(C)c(NNC(=O)C2CCN(S(=O)(=O)c3cccnc3)CC2)n1. The molecule has 9 nitrogen and oxygen atoms in total. The Morgan fingerprint density at radius 2 is 1.96 bits per heavy atom. The highest BCUT2D eigenvalue weighted by Gasteiger charge is 2.32. The number of nitrogens with zero attached hydrogens (tertiary/aromatic N) is 4. The predicted molar refractivity (Wildman–Crippen MR) is 104 cm³/mol. The van der Waals surface area contributed by atoms with E-state index in [0.717, 1.165) is 0 Å². The van der Waals surface area contributed by atoms with Crippen molar-refractivity contribution in [3.8, 4) is 0 Å². The Hall–Kier alpha value is -2.30. The molecule has 150 valence electrons. The topological polar surface area (TPSA) is 117 Å². The van der Waals surface area contributed by atoms with Crippen molar-refractivity contribution in [1.82, 2.24) is 24.7 Å². The van der Waals surface area contributed by atoms with Gasteiger partial charge in [-0.15, -0.1) is 0 Å². The van der Waals surface area contributed by atoms with E-state index in [1.165, 1.54) is 22.8 Å². The predicted octanol–water partition coefficient (Wildman–Crippen LogP) is 1.69. The summed E-state index contributed by atoms with van der Waals surface area (Å²) in [5.41, 5.74) is 6.05. The third kappa shape index (κ3) is 4.40. The van der Waals surface area contributed by atoms with Crippen LogP contribution in [0.5, 0.6) is 0 Å². The summed E-state index contributed by atoms with van der Waals surface area (Å²) in [5, 5.41) is 0.318. The Balaban J connectivity index is 1.57. The van der Waals surface area contributed by atoms with E-state index in [1.54, 1.807) is 19.9 Å². The van der Waals surface area contributed by atoms with Crippen molar-refractivity contribution in [2.75, 3.05) is 18.5 Å². The van der Waals surface area contributed by atoms with Crippen LogP contribution in [0, 0.1) is 19.8 Å². The van der Waals surface area contributed by atoms with E-state index in [4.69, 9.17) is 11.6 Å². The van der Waals surface area contributed by atoms with Gasteiger partial charge in [0.05, 0.1) is 0 Å². The molecule has 28 heavy (non-hydrogen) atoms. The van der Waals surface area contributed by atoms with Crippen molar-refractivity contribution in [2.45, 2.75) is 31.6 Å². The molecule has 3 rings (SSSR count). The van der Waals surface area contributed by atoms with Crippen molar-refractivity contribution in [1.29, 1.82) is 0 Å². The highest BCUT2D eigenvalue weighted by Crippen LogP contribution is 2.24. The van der Waals surface area contributed by atoms with Gasteiger partial charge in [-0.05, 0) is 38.8 Å². The maximum atomic E-state index is 12.6. The fourth-order valence-electron chi connectivity index (χ4n) is 2.95. The second kappa shape index (κ2) is 8.38. The zero-order valence-corrected chi connectivity index (χ0v) is 17.1. The lowest BCUT2D eigenvalue weighted by Gasteiger charge is -2.30. The van der Waals surface area contributed by atoms with Crippen LogP contribution in [0.4, 0.5) is 5.82 Å². The first-order valence-electron chi connectivity index (χ1n) is 8.76. The number of nitrogens with one attached hydrogen (secondary N) is 2. The minimum atomic E-state index is -3.59. The molecule has 1 aliphatic rings. The smallest absolute Gasteiger partial charge is 0.244 e. The first kappa shape index (κ1) is 20.4. The van der Waals surface area contributed by atoms with Crippen molar-refractivity contribution >= 4 is 33.3 Å². The second-order valence-corrected chi connectivity index (χ2v) is 8.81. The van der Waals surface area contributed by atoms with Gasteiger partial charge in [0, 0.05) is 37.0 Å². The molecule has 0 radical (unpaired) electrons. The van der Waals surface area contributed by atoms with Crippen LogP contribution in [0.3, 0.4) is 0 Å². The summed E-state index contributed by atoms with van der Waals surface area (Å²) in [6, 6.07) is 3.10. The molecule has 1 aliphatic heterocycles. The Labute approximate surface area is 168 Å². The molecule has 1 saturated heterocycles. The van der Waals surface area contributed by atoms with Crippen LogP contribution in [0.2, 0.25) is 5.15 Å². The summed E-state index contributed by atoms with van der Waals surface area (Å²) in [6.07, 6.45) is 3.71. The van der Waals surface area contributed by atoms with E-state index < -0.39 is 10.0 Å². The number of sulfonamides is 1. The van der Waals surface area contributed by atoms with E-state index in [2.05, 4.69) is 25.8 Å². The largest absolute Gasteiger partial charge is 0.282 e. The highest BCUT2D eigenvalue weighted by molar-refractivity contribution is 7.89. The van der Waals surface area contributed by atoms with Crippen molar-refractivity contribution < 1.29 is 13.2 Å². The molecule has 1 fully saturated rings. The number of rotatable bonds is 5. The minimum Gasteiger partial charge on any atom is -0.282 e. The summed E-state index contributed by atoms with van der Waals surface area (Å²) in [7, 11) is -3.59. The van der Waals surface area contributed by atoms with Crippen molar-refractivity contribution in [3.05, 3.63) is 41.1 Å². The van der Waals surface area contributed by atoms with Gasteiger partial charge in [-0.3, -0.25) is 20.6 Å². The van der Waals surface area contributed by atoms with Crippen LogP contribution in [-0.4, -0.2) is 46.7 Å². The summed E-state index contributed by atoms with van der Waals surface area (Å²) in [4.78, 5) is 24.7. The number of hydrogen-bond donors (Lipinski definition) is 2. The van der Waals surface area contributed by atoms with E-state index in [0.29, 0.717) is 35.2 Å². The van der Waals surface area contributed by atoms with Gasteiger partial charge in [-0.1, -0.05) is 11.6 Å². The molecule has 2 N–H and O–H groups in total. The number of carbonyl (C=O) groups is 1. The highest BCUT2D eigenvalue weighted by atomic mass is 35.5. The Bertz CT molecular complexity index is 962. The molecule has 2 aromatic heterocycles. The molecule has 0 spiro atoms. The van der Waals surface area contributed by atoms with Crippen LogP contribution in [0.1, 0.15) is 24.2 Å². The summed E-state index contributed by atoms with van der Waals surface area (Å²) in [6.45, 7) is 3.99. The molecule has 3 heterocycles. The van der Waals surface area contributed by atoms with Gasteiger partial charge in [0.15, 0.2) is 5.82 Å². The maximum Gasteiger partial charge on any atom is 0.244 e. The Morgan fingerprint density at radius 1 is 1.25 bits per heavy atom. The quantitative estimate of drug-likeness (QED) is 0.553. The average Bonchev–Trinajstić information content (AvgIpc) is 2.70. The molecule has 0 aliphatic carbocycles. The van der Waals surface area contributed by atoms with Crippen LogP contribution in [0.25, 0.3) is 0 Å². The fraction of sp³-hybridized carbons (Fsp3) is 0.412. The van der Waals surface area contributed by atoms with Crippen LogP contribution in [0.15, 0.2) is 29.4 Å². The van der Waals surface area contributed by atoms with Crippen LogP contribution < -0.4 is 10.9 Å².